The van der Waals surface area contributed by atoms with Crippen LogP contribution in [0.1, 0.15) is 451 Å². The van der Waals surface area contributed by atoms with Crippen LogP contribution in [-0.4, -0.2) is 96.7 Å². The van der Waals surface area contributed by atoms with Crippen LogP contribution in [0.15, 0.2) is 0 Å². The summed E-state index contributed by atoms with van der Waals surface area (Å²) in [5.41, 5.74) is 0. The van der Waals surface area contributed by atoms with Crippen LogP contribution in [0.25, 0.3) is 0 Å². The molecular formula is C83H162O17P2. The van der Waals surface area contributed by atoms with Gasteiger partial charge in [-0.15, -0.1) is 0 Å². The van der Waals surface area contributed by atoms with Crippen LogP contribution in [0.4, 0.5) is 0 Å². The van der Waals surface area contributed by atoms with Crippen molar-refractivity contribution in [2.24, 2.45) is 0 Å². The first kappa shape index (κ1) is 100. The van der Waals surface area contributed by atoms with Crippen LogP contribution in [0.3, 0.4) is 0 Å². The Bertz CT molecular complexity index is 1930. The number of phosphoric acid groups is 2. The molecular weight excluding hydrogens is 1330 g/mol. The zero-order valence-electron chi connectivity index (χ0n) is 66.6. The summed E-state index contributed by atoms with van der Waals surface area (Å²) in [4.78, 5) is 73.0. The smallest absolute Gasteiger partial charge is 0.462 e. The van der Waals surface area contributed by atoms with Crippen molar-refractivity contribution < 1.29 is 80.2 Å². The van der Waals surface area contributed by atoms with E-state index >= 15 is 0 Å². The average molecular weight is 1490 g/mol. The summed E-state index contributed by atoms with van der Waals surface area (Å²) in [6.45, 7) is 5.02. The molecule has 0 rings (SSSR count). The van der Waals surface area contributed by atoms with E-state index in [2.05, 4.69) is 27.7 Å². The van der Waals surface area contributed by atoms with Gasteiger partial charge >= 0.3 is 39.5 Å². The molecule has 0 saturated carbocycles. The molecule has 19 heteroatoms. The van der Waals surface area contributed by atoms with Crippen molar-refractivity contribution in [2.45, 2.75) is 470 Å². The van der Waals surface area contributed by atoms with Gasteiger partial charge in [-0.2, -0.15) is 0 Å². The lowest BCUT2D eigenvalue weighted by Crippen LogP contribution is -2.30. The second-order valence-electron chi connectivity index (χ2n) is 29.9. The minimum atomic E-state index is -4.96. The summed E-state index contributed by atoms with van der Waals surface area (Å²) in [6, 6.07) is 0. The molecule has 0 aromatic carbocycles. The van der Waals surface area contributed by atoms with Crippen molar-refractivity contribution in [3.8, 4) is 0 Å². The van der Waals surface area contributed by atoms with Gasteiger partial charge in [-0.3, -0.25) is 37.3 Å². The van der Waals surface area contributed by atoms with Crippen LogP contribution < -0.4 is 0 Å². The van der Waals surface area contributed by atoms with E-state index in [1.165, 1.54) is 283 Å². The zero-order valence-corrected chi connectivity index (χ0v) is 68.4. The Hall–Kier alpha value is -1.94. The molecule has 0 aliphatic heterocycles. The first-order chi connectivity index (χ1) is 49.7. The molecule has 0 radical (unpaired) electrons. The number of carbonyl (C=O) groups excluding carboxylic acids is 4. The fourth-order valence-electron chi connectivity index (χ4n) is 13.0. The Labute approximate surface area is 626 Å². The van der Waals surface area contributed by atoms with Crippen molar-refractivity contribution in [2.75, 3.05) is 39.6 Å². The number of aliphatic hydroxyl groups excluding tert-OH is 1. The lowest BCUT2D eigenvalue weighted by atomic mass is 10.0. The first-order valence-corrected chi connectivity index (χ1v) is 46.3. The van der Waals surface area contributed by atoms with Crippen LogP contribution in [-0.2, 0) is 65.4 Å². The highest BCUT2D eigenvalue weighted by Gasteiger charge is 2.30. The molecule has 5 atom stereocenters. The molecule has 606 valence electrons. The number of hydrogen-bond donors (Lipinski definition) is 3. The van der Waals surface area contributed by atoms with Crippen molar-refractivity contribution in [1.29, 1.82) is 0 Å². The van der Waals surface area contributed by atoms with Gasteiger partial charge in [0, 0.05) is 25.7 Å². The van der Waals surface area contributed by atoms with Gasteiger partial charge in [0.15, 0.2) is 12.2 Å². The molecule has 0 amide bonds. The van der Waals surface area contributed by atoms with Gasteiger partial charge < -0.3 is 33.8 Å². The SMILES string of the molecule is CCCCCCCCCCCCCCCCCCCCCCC(=O)O[C@H](COC(=O)CCCCCCCCCCCCCCCCCCC)COP(=O)(O)OC[C@@H](O)COP(=O)(O)OC[C@@H](COC(=O)CCCCCCCCCC)OC(=O)CCCCCCCCCCCCCCCCCCC. The summed E-state index contributed by atoms with van der Waals surface area (Å²) in [7, 11) is -9.92. The van der Waals surface area contributed by atoms with Gasteiger partial charge in [-0.1, -0.05) is 400 Å². The van der Waals surface area contributed by atoms with Gasteiger partial charge in [-0.25, -0.2) is 9.13 Å². The molecule has 3 N–H and O–H groups in total. The molecule has 0 aromatic heterocycles. The van der Waals surface area contributed by atoms with Gasteiger partial charge in [-0.05, 0) is 25.7 Å². The summed E-state index contributed by atoms with van der Waals surface area (Å²) >= 11 is 0. The Morgan fingerprint density at radius 3 is 0.578 bits per heavy atom. The minimum Gasteiger partial charge on any atom is -0.462 e. The fourth-order valence-corrected chi connectivity index (χ4v) is 14.6. The second kappa shape index (κ2) is 77.2. The molecule has 0 fully saturated rings. The predicted octanol–water partition coefficient (Wildman–Crippen LogP) is 25.4. The lowest BCUT2D eigenvalue weighted by Gasteiger charge is -2.21. The van der Waals surface area contributed by atoms with Crippen molar-refractivity contribution in [1.82, 2.24) is 0 Å². The third-order valence-electron chi connectivity index (χ3n) is 19.6. The first-order valence-electron chi connectivity index (χ1n) is 43.3. The van der Waals surface area contributed by atoms with Gasteiger partial charge in [0.05, 0.1) is 26.4 Å². The normalized spacial score (nSPS) is 13.8. The van der Waals surface area contributed by atoms with Crippen molar-refractivity contribution in [3.05, 3.63) is 0 Å². The van der Waals surface area contributed by atoms with E-state index in [9.17, 15) is 43.2 Å². The van der Waals surface area contributed by atoms with E-state index in [1.807, 2.05) is 0 Å². The molecule has 2 unspecified atom stereocenters. The largest absolute Gasteiger partial charge is 0.472 e. The highest BCUT2D eigenvalue weighted by molar-refractivity contribution is 7.47. The molecule has 0 bridgehead atoms. The second-order valence-corrected chi connectivity index (χ2v) is 32.8. The lowest BCUT2D eigenvalue weighted by molar-refractivity contribution is -0.161. The van der Waals surface area contributed by atoms with Crippen LogP contribution >= 0.6 is 15.6 Å². The molecule has 0 aliphatic carbocycles. The number of aliphatic hydroxyl groups is 1. The highest BCUT2D eigenvalue weighted by atomic mass is 31.2. The van der Waals surface area contributed by atoms with Crippen molar-refractivity contribution in [3.63, 3.8) is 0 Å². The molecule has 17 nitrogen and oxygen atoms in total. The predicted molar refractivity (Wildman–Crippen MR) is 419 cm³/mol. The Kier molecular flexibility index (Phi) is 75.8. The van der Waals surface area contributed by atoms with Gasteiger partial charge in [0.1, 0.15) is 19.3 Å². The quantitative estimate of drug-likeness (QED) is 0.0222. The molecule has 0 aromatic rings. The number of hydrogen-bond acceptors (Lipinski definition) is 15. The van der Waals surface area contributed by atoms with Crippen LogP contribution in [0.2, 0.25) is 0 Å². The maximum atomic E-state index is 13.1. The Morgan fingerprint density at radius 2 is 0.392 bits per heavy atom. The van der Waals surface area contributed by atoms with E-state index in [0.717, 1.165) is 89.9 Å². The summed E-state index contributed by atoms with van der Waals surface area (Å²) < 4.78 is 68.7. The van der Waals surface area contributed by atoms with E-state index < -0.39 is 97.5 Å². The molecule has 102 heavy (non-hydrogen) atoms. The third-order valence-corrected chi connectivity index (χ3v) is 21.5. The van der Waals surface area contributed by atoms with E-state index in [1.54, 1.807) is 0 Å². The highest BCUT2D eigenvalue weighted by Crippen LogP contribution is 2.45. The Balaban J connectivity index is 5.19. The number of rotatable bonds is 84. The number of esters is 4. The molecule has 0 heterocycles. The van der Waals surface area contributed by atoms with Gasteiger partial charge in [0.25, 0.3) is 0 Å². The standard InChI is InChI=1S/C83H162O17P2/c1-5-9-13-17-21-25-28-31-34-37-38-39-42-45-48-51-54-58-62-66-70-83(88)100-79(74-94-81(86)68-64-60-56-52-49-46-43-40-35-32-29-26-22-18-14-10-6-2)76-98-102(91,92)96-72-77(84)71-95-101(89,90)97-75-78(73-93-80(85)67-63-59-55-24-20-16-12-8-4)99-82(87)69-65-61-57-53-50-47-44-41-36-33-30-27-23-19-15-11-7-3/h77-79,84H,5-76H2,1-4H3,(H,89,90)(H,91,92)/t77-,78+,79+/m0/s1. The summed E-state index contributed by atoms with van der Waals surface area (Å²) in [5, 5.41) is 10.6. The molecule has 0 saturated heterocycles. The average Bonchev–Trinajstić information content (AvgIpc) is 0.921. The number of phosphoric ester groups is 2. The van der Waals surface area contributed by atoms with E-state index in [0.29, 0.717) is 25.7 Å². The zero-order chi connectivity index (χ0) is 74.6. The number of ether oxygens (including phenoxy) is 4. The third kappa shape index (κ3) is 76.3. The number of unbranched alkanes of at least 4 members (excludes halogenated alkanes) is 58. The molecule has 0 aliphatic rings. The maximum Gasteiger partial charge on any atom is 0.472 e. The van der Waals surface area contributed by atoms with Crippen molar-refractivity contribution >= 4 is 39.5 Å². The van der Waals surface area contributed by atoms with Gasteiger partial charge in [0.2, 0.25) is 0 Å². The van der Waals surface area contributed by atoms with E-state index in [-0.39, 0.29) is 25.7 Å². The van der Waals surface area contributed by atoms with Crippen LogP contribution in [0, 0.1) is 0 Å². The summed E-state index contributed by atoms with van der Waals surface area (Å²) in [5.74, 6) is -2.10. The maximum absolute atomic E-state index is 13.1. The Morgan fingerprint density at radius 1 is 0.235 bits per heavy atom. The fraction of sp³-hybridized carbons (Fsp3) is 0.952. The summed E-state index contributed by atoms with van der Waals surface area (Å²) in [6.07, 6.45) is 70.9. The van der Waals surface area contributed by atoms with E-state index in [4.69, 9.17) is 37.0 Å². The number of carbonyl (C=O) groups is 4. The minimum absolute atomic E-state index is 0.109. The topological polar surface area (TPSA) is 237 Å². The van der Waals surface area contributed by atoms with Crippen LogP contribution in [0.5, 0.6) is 0 Å². The molecule has 0 spiro atoms. The monoisotopic (exact) mass is 1490 g/mol.